The average Bonchev–Trinajstić information content (AvgIpc) is 3.58. The fraction of sp³-hybridized carbons (Fsp3) is 0.0833. The maximum Gasteiger partial charge on any atom is 0.238 e. The van der Waals surface area contributed by atoms with E-state index in [2.05, 4.69) is 187 Å². The third-order valence-electron chi connectivity index (χ3n) is 13.2. The monoisotopic (exact) mass is 820 g/mol. The predicted molar refractivity (Wildman–Crippen MR) is 265 cm³/mol. The van der Waals surface area contributed by atoms with E-state index < -0.39 is 0 Å². The summed E-state index contributed by atoms with van der Waals surface area (Å²) in [5, 5.41) is 4.88. The lowest BCUT2D eigenvalue weighted by molar-refractivity contribution is 0.572. The van der Waals surface area contributed by atoms with Crippen molar-refractivity contribution in [1.29, 1.82) is 0 Å². The van der Waals surface area contributed by atoms with Crippen molar-refractivity contribution in [2.45, 2.75) is 25.7 Å². The van der Waals surface area contributed by atoms with E-state index in [0.29, 0.717) is 17.6 Å². The van der Waals surface area contributed by atoms with Crippen LogP contribution in [-0.2, 0) is 6.42 Å². The zero-order chi connectivity index (χ0) is 42.6. The normalized spacial score (nSPS) is 15.7. The third kappa shape index (κ3) is 6.76. The number of aryl methyl sites for hydroxylation is 1. The van der Waals surface area contributed by atoms with Gasteiger partial charge in [-0.3, -0.25) is 4.57 Å². The van der Waals surface area contributed by atoms with Crippen molar-refractivity contribution in [2.75, 3.05) is 0 Å². The first-order chi connectivity index (χ1) is 31.6. The predicted octanol–water partition coefficient (Wildman–Crippen LogP) is 14.8. The number of allylic oxidation sites excluding steroid dienone is 5. The summed E-state index contributed by atoms with van der Waals surface area (Å²) in [6.45, 7) is 2.32. The van der Waals surface area contributed by atoms with Crippen molar-refractivity contribution in [3.05, 3.63) is 240 Å². The molecule has 4 nitrogen and oxygen atoms in total. The van der Waals surface area contributed by atoms with Gasteiger partial charge in [-0.25, -0.2) is 4.98 Å². The van der Waals surface area contributed by atoms with Gasteiger partial charge >= 0.3 is 0 Å². The molecule has 2 unspecified atom stereocenters. The minimum atomic E-state index is 0.148. The summed E-state index contributed by atoms with van der Waals surface area (Å²) in [4.78, 5) is 15.9. The van der Waals surface area contributed by atoms with Gasteiger partial charge in [0, 0.05) is 33.4 Å². The average molecular weight is 821 g/mol. The van der Waals surface area contributed by atoms with E-state index in [0.717, 1.165) is 35.0 Å². The van der Waals surface area contributed by atoms with E-state index in [4.69, 9.17) is 15.0 Å². The minimum Gasteiger partial charge on any atom is -0.277 e. The van der Waals surface area contributed by atoms with Crippen LogP contribution in [0, 0.1) is 12.8 Å². The smallest absolute Gasteiger partial charge is 0.238 e. The fourth-order valence-electron chi connectivity index (χ4n) is 10.2. The summed E-state index contributed by atoms with van der Waals surface area (Å²) < 4.78 is 2.34. The van der Waals surface area contributed by atoms with E-state index in [9.17, 15) is 0 Å². The maximum atomic E-state index is 5.39. The number of hydrogen-bond donors (Lipinski definition) is 0. The number of aromatic nitrogens is 4. The van der Waals surface area contributed by atoms with Crippen LogP contribution in [-0.4, -0.2) is 19.5 Å². The van der Waals surface area contributed by atoms with Gasteiger partial charge in [-0.1, -0.05) is 200 Å². The lowest BCUT2D eigenvalue weighted by atomic mass is 9.76. The molecule has 12 rings (SSSR count). The van der Waals surface area contributed by atoms with Crippen molar-refractivity contribution >= 4 is 44.2 Å². The molecule has 2 heterocycles. The Hall–Kier alpha value is -7.95. The number of rotatable bonds is 7. The molecule has 0 saturated carbocycles. The Morgan fingerprint density at radius 3 is 1.86 bits per heavy atom. The number of nitrogens with zero attached hydrogens (tertiary/aromatic N) is 4. The molecular weight excluding hydrogens is 777 g/mol. The minimum absolute atomic E-state index is 0.148. The Bertz CT molecular complexity index is 3430. The Morgan fingerprint density at radius 1 is 0.547 bits per heavy atom. The first-order valence-corrected chi connectivity index (χ1v) is 22.3. The van der Waals surface area contributed by atoms with Gasteiger partial charge in [0.25, 0.3) is 0 Å². The molecule has 0 saturated heterocycles. The first-order valence-electron chi connectivity index (χ1n) is 22.3. The van der Waals surface area contributed by atoms with Crippen LogP contribution in [0.2, 0.25) is 0 Å². The number of fused-ring (bicyclic) bond motifs is 8. The molecule has 0 fully saturated rings. The lowest BCUT2D eigenvalue weighted by Crippen LogP contribution is -2.15. The zero-order valence-electron chi connectivity index (χ0n) is 35.6. The largest absolute Gasteiger partial charge is 0.277 e. The van der Waals surface area contributed by atoms with Crippen molar-refractivity contribution in [2.24, 2.45) is 5.92 Å². The highest BCUT2D eigenvalue weighted by Crippen LogP contribution is 2.49. The number of benzene rings is 8. The molecule has 0 spiro atoms. The van der Waals surface area contributed by atoms with Gasteiger partial charge in [-0.15, -0.1) is 0 Å². The second kappa shape index (κ2) is 15.7. The standard InChI is InChI=1S/C60H44N4/c1-39-32-53-52-38-49(43-18-8-3-9-19-43)30-31-55(52)64(60-62-58(45-21-10-4-11-22-45)61-59(63-60)46-23-12-5-13-24-46)57(53)54-36-41(33-40-26-27-44-20-14-15-25-47(44)34-40)35-50-29-28-48(37-51(50)56(39)54)42-16-6-2-7-17-42/h2-32,34,36-38,50-51H,33,35H2,1H3. The summed E-state index contributed by atoms with van der Waals surface area (Å²) in [6, 6.07) is 67.0. The summed E-state index contributed by atoms with van der Waals surface area (Å²) >= 11 is 0. The summed E-state index contributed by atoms with van der Waals surface area (Å²) in [5.74, 6) is 2.30. The molecule has 0 bridgehead atoms. The molecule has 2 aromatic heterocycles. The maximum absolute atomic E-state index is 5.39. The molecular formula is C60H44N4. The quantitative estimate of drug-likeness (QED) is 0.161. The van der Waals surface area contributed by atoms with Crippen LogP contribution in [0.4, 0.5) is 0 Å². The van der Waals surface area contributed by atoms with Crippen LogP contribution >= 0.6 is 0 Å². The molecule has 2 aliphatic carbocycles. The van der Waals surface area contributed by atoms with Crippen molar-refractivity contribution in [3.8, 4) is 39.9 Å². The Kier molecular flexibility index (Phi) is 9.30. The first kappa shape index (κ1) is 37.8. The van der Waals surface area contributed by atoms with Crippen LogP contribution in [0.15, 0.2) is 212 Å². The van der Waals surface area contributed by atoms with Crippen LogP contribution in [0.5, 0.6) is 0 Å². The van der Waals surface area contributed by atoms with Gasteiger partial charge in [-0.05, 0) is 93.6 Å². The van der Waals surface area contributed by atoms with Crippen LogP contribution in [0.3, 0.4) is 0 Å². The molecule has 0 radical (unpaired) electrons. The summed E-state index contributed by atoms with van der Waals surface area (Å²) in [7, 11) is 0. The molecule has 8 aromatic carbocycles. The van der Waals surface area contributed by atoms with Gasteiger partial charge in [0.15, 0.2) is 11.6 Å². The van der Waals surface area contributed by atoms with Gasteiger partial charge in [0.1, 0.15) is 0 Å². The highest BCUT2D eigenvalue weighted by atomic mass is 15.2. The molecule has 0 amide bonds. The second-order valence-corrected chi connectivity index (χ2v) is 17.3. The van der Waals surface area contributed by atoms with Crippen molar-refractivity contribution in [3.63, 3.8) is 0 Å². The van der Waals surface area contributed by atoms with E-state index in [1.54, 1.807) is 0 Å². The number of hydrogen-bond acceptors (Lipinski definition) is 3. The van der Waals surface area contributed by atoms with Crippen molar-refractivity contribution in [1.82, 2.24) is 19.5 Å². The van der Waals surface area contributed by atoms with Crippen LogP contribution in [0.25, 0.3) is 84.1 Å². The van der Waals surface area contributed by atoms with Crippen LogP contribution < -0.4 is 0 Å². The second-order valence-electron chi connectivity index (χ2n) is 17.3. The van der Waals surface area contributed by atoms with Crippen molar-refractivity contribution < 1.29 is 0 Å². The highest BCUT2D eigenvalue weighted by Gasteiger charge is 2.33. The van der Waals surface area contributed by atoms with E-state index in [1.165, 1.54) is 71.6 Å². The molecule has 0 aliphatic heterocycles. The highest BCUT2D eigenvalue weighted by molar-refractivity contribution is 6.13. The summed E-state index contributed by atoms with van der Waals surface area (Å²) in [5.41, 5.74) is 15.5. The van der Waals surface area contributed by atoms with Gasteiger partial charge in [0.2, 0.25) is 5.95 Å². The zero-order valence-corrected chi connectivity index (χ0v) is 35.6. The molecule has 304 valence electrons. The van der Waals surface area contributed by atoms with Gasteiger partial charge < -0.3 is 0 Å². The Morgan fingerprint density at radius 2 is 1.17 bits per heavy atom. The van der Waals surface area contributed by atoms with Gasteiger partial charge in [0.05, 0.1) is 11.0 Å². The molecule has 2 atom stereocenters. The molecule has 0 N–H and O–H groups in total. The lowest BCUT2D eigenvalue weighted by Gasteiger charge is -2.28. The molecule has 2 aliphatic rings. The van der Waals surface area contributed by atoms with Crippen LogP contribution in [0.1, 0.15) is 40.2 Å². The third-order valence-corrected chi connectivity index (χ3v) is 13.2. The molecule has 4 heteroatoms. The Labute approximate surface area is 373 Å². The summed E-state index contributed by atoms with van der Waals surface area (Å²) in [6.07, 6.45) is 11.7. The van der Waals surface area contributed by atoms with E-state index >= 15 is 0 Å². The fourth-order valence-corrected chi connectivity index (χ4v) is 10.2. The SMILES string of the molecule is Cc1cc2c3cc(-c4ccccc4)ccc3n(-c3nc(-c4ccccc4)nc(-c4ccccc4)n3)c2c2c1C1C=C(c3ccccc3)C=CC1CC(Cc1ccc3ccccc3c1)=C2. The van der Waals surface area contributed by atoms with Gasteiger partial charge in [-0.2, -0.15) is 9.97 Å². The van der Waals surface area contributed by atoms with E-state index in [-0.39, 0.29) is 11.8 Å². The molecule has 10 aromatic rings. The van der Waals surface area contributed by atoms with E-state index in [1.807, 2.05) is 36.4 Å². The molecule has 64 heavy (non-hydrogen) atoms. The Balaban J connectivity index is 1.17. The topological polar surface area (TPSA) is 43.6 Å².